The summed E-state index contributed by atoms with van der Waals surface area (Å²) < 4.78 is 0. The summed E-state index contributed by atoms with van der Waals surface area (Å²) in [7, 11) is 0. The minimum atomic E-state index is -0.201. The smallest absolute Gasteiger partial charge is 0.270 e. The third kappa shape index (κ3) is 5.16. The Bertz CT molecular complexity index is 907. The highest BCUT2D eigenvalue weighted by molar-refractivity contribution is 5.92. The van der Waals surface area contributed by atoms with E-state index in [0.717, 1.165) is 17.9 Å². The van der Waals surface area contributed by atoms with E-state index in [0.29, 0.717) is 12.2 Å². The van der Waals surface area contributed by atoms with Crippen molar-refractivity contribution >= 4 is 11.7 Å². The first kappa shape index (κ1) is 19.5. The van der Waals surface area contributed by atoms with Gasteiger partial charge in [-0.25, -0.2) is 9.97 Å². The standard InChI is InChI=1S/C23H26N4O/c1-17(2)27(15-20-7-5-4-6-8-20)22-13-21(25-16-26-22)23(28)24-14-19-11-9-18(3)10-12-19/h4-13,16-17H,14-15H2,1-3H3,(H,24,28). The predicted molar refractivity (Wildman–Crippen MR) is 112 cm³/mol. The molecule has 3 aromatic rings. The number of benzene rings is 2. The fourth-order valence-electron chi connectivity index (χ4n) is 2.92. The van der Waals surface area contributed by atoms with E-state index in [-0.39, 0.29) is 11.9 Å². The van der Waals surface area contributed by atoms with Crippen LogP contribution in [0.15, 0.2) is 67.0 Å². The van der Waals surface area contributed by atoms with Crippen LogP contribution in [0.5, 0.6) is 0 Å². The van der Waals surface area contributed by atoms with Crippen LogP contribution in [0.1, 0.15) is 41.0 Å². The van der Waals surface area contributed by atoms with Gasteiger partial charge in [-0.3, -0.25) is 4.79 Å². The van der Waals surface area contributed by atoms with Gasteiger partial charge in [-0.15, -0.1) is 0 Å². The fraction of sp³-hybridized carbons (Fsp3) is 0.261. The van der Waals surface area contributed by atoms with Gasteiger partial charge in [0.2, 0.25) is 0 Å². The first-order valence-electron chi connectivity index (χ1n) is 9.49. The Morgan fingerprint density at radius 2 is 1.71 bits per heavy atom. The Balaban J connectivity index is 1.72. The molecule has 0 aliphatic heterocycles. The lowest BCUT2D eigenvalue weighted by molar-refractivity contribution is 0.0945. The van der Waals surface area contributed by atoms with Gasteiger partial charge >= 0.3 is 0 Å². The number of aromatic nitrogens is 2. The SMILES string of the molecule is Cc1ccc(CNC(=O)c2cc(N(Cc3ccccc3)C(C)C)ncn2)cc1. The van der Waals surface area contributed by atoms with Gasteiger partial charge in [0, 0.05) is 25.2 Å². The topological polar surface area (TPSA) is 58.1 Å². The van der Waals surface area contributed by atoms with Crippen molar-refractivity contribution in [2.24, 2.45) is 0 Å². The normalized spacial score (nSPS) is 10.7. The molecule has 0 radical (unpaired) electrons. The molecule has 5 heteroatoms. The van der Waals surface area contributed by atoms with Crippen molar-refractivity contribution < 1.29 is 4.79 Å². The van der Waals surface area contributed by atoms with Crippen molar-refractivity contribution in [3.8, 4) is 0 Å². The van der Waals surface area contributed by atoms with Crippen molar-refractivity contribution in [2.45, 2.75) is 39.9 Å². The van der Waals surface area contributed by atoms with E-state index in [1.54, 1.807) is 6.07 Å². The van der Waals surface area contributed by atoms with E-state index in [1.165, 1.54) is 17.5 Å². The van der Waals surface area contributed by atoms with Crippen LogP contribution in [0.25, 0.3) is 0 Å². The predicted octanol–water partition coefficient (Wildman–Crippen LogP) is 4.13. The molecule has 144 valence electrons. The van der Waals surface area contributed by atoms with Crippen molar-refractivity contribution in [1.82, 2.24) is 15.3 Å². The molecule has 1 amide bonds. The Labute approximate surface area is 166 Å². The second kappa shape index (κ2) is 9.13. The molecule has 0 saturated heterocycles. The Morgan fingerprint density at radius 3 is 2.39 bits per heavy atom. The summed E-state index contributed by atoms with van der Waals surface area (Å²) in [5.74, 6) is 0.544. The fourth-order valence-corrected chi connectivity index (χ4v) is 2.92. The Morgan fingerprint density at radius 1 is 1.00 bits per heavy atom. The quantitative estimate of drug-likeness (QED) is 0.676. The molecule has 0 unspecified atom stereocenters. The number of hydrogen-bond acceptors (Lipinski definition) is 4. The zero-order chi connectivity index (χ0) is 19.9. The number of aryl methyl sites for hydroxylation is 1. The largest absolute Gasteiger partial charge is 0.350 e. The van der Waals surface area contributed by atoms with E-state index >= 15 is 0 Å². The molecule has 1 heterocycles. The average molecular weight is 374 g/mol. The number of carbonyl (C=O) groups excluding carboxylic acids is 1. The molecule has 28 heavy (non-hydrogen) atoms. The van der Waals surface area contributed by atoms with Gasteiger partial charge in [0.25, 0.3) is 5.91 Å². The van der Waals surface area contributed by atoms with Crippen LogP contribution in [0, 0.1) is 6.92 Å². The molecule has 0 spiro atoms. The monoisotopic (exact) mass is 374 g/mol. The number of anilines is 1. The zero-order valence-corrected chi connectivity index (χ0v) is 16.6. The molecule has 0 bridgehead atoms. The van der Waals surface area contributed by atoms with Crippen LogP contribution in [0.3, 0.4) is 0 Å². The van der Waals surface area contributed by atoms with Gasteiger partial charge < -0.3 is 10.2 Å². The molecule has 1 N–H and O–H groups in total. The third-order valence-corrected chi connectivity index (χ3v) is 4.57. The lowest BCUT2D eigenvalue weighted by atomic mass is 10.1. The van der Waals surface area contributed by atoms with E-state index in [2.05, 4.69) is 46.2 Å². The molecule has 0 saturated carbocycles. The zero-order valence-electron chi connectivity index (χ0n) is 16.6. The number of hydrogen-bond donors (Lipinski definition) is 1. The molecule has 0 fully saturated rings. The van der Waals surface area contributed by atoms with Gasteiger partial charge in [0.15, 0.2) is 0 Å². The summed E-state index contributed by atoms with van der Waals surface area (Å²) in [5.41, 5.74) is 3.82. The maximum absolute atomic E-state index is 12.6. The highest BCUT2D eigenvalue weighted by Crippen LogP contribution is 2.18. The first-order chi connectivity index (χ1) is 13.5. The summed E-state index contributed by atoms with van der Waals surface area (Å²) in [6, 6.07) is 20.3. The number of carbonyl (C=O) groups is 1. The molecule has 2 aromatic carbocycles. The number of nitrogens with zero attached hydrogens (tertiary/aromatic N) is 3. The molecular formula is C23H26N4O. The number of amides is 1. The summed E-state index contributed by atoms with van der Waals surface area (Å²) in [5, 5.41) is 2.93. The molecule has 0 atom stereocenters. The van der Waals surface area contributed by atoms with E-state index in [9.17, 15) is 4.79 Å². The number of rotatable bonds is 7. The van der Waals surface area contributed by atoms with Gasteiger partial charge in [-0.2, -0.15) is 0 Å². The van der Waals surface area contributed by atoms with Gasteiger partial charge in [-0.05, 0) is 31.9 Å². The summed E-state index contributed by atoms with van der Waals surface area (Å²) in [6.45, 7) is 7.46. The first-order valence-corrected chi connectivity index (χ1v) is 9.49. The molecule has 0 aliphatic carbocycles. The highest BCUT2D eigenvalue weighted by atomic mass is 16.1. The lowest BCUT2D eigenvalue weighted by Crippen LogP contribution is -2.31. The number of nitrogens with one attached hydrogen (secondary N) is 1. The van der Waals surface area contributed by atoms with Crippen molar-refractivity contribution in [2.75, 3.05) is 4.90 Å². The maximum Gasteiger partial charge on any atom is 0.270 e. The van der Waals surface area contributed by atoms with Crippen LogP contribution in [0.2, 0.25) is 0 Å². The van der Waals surface area contributed by atoms with Crippen LogP contribution >= 0.6 is 0 Å². The van der Waals surface area contributed by atoms with Crippen molar-refractivity contribution in [3.05, 3.63) is 89.4 Å². The molecule has 5 nitrogen and oxygen atoms in total. The molecular weight excluding hydrogens is 348 g/mol. The van der Waals surface area contributed by atoms with Gasteiger partial charge in [0.05, 0.1) is 0 Å². The van der Waals surface area contributed by atoms with Gasteiger partial charge in [-0.1, -0.05) is 60.2 Å². The molecule has 3 rings (SSSR count). The average Bonchev–Trinajstić information content (AvgIpc) is 2.72. The second-order valence-electron chi connectivity index (χ2n) is 7.14. The minimum absolute atomic E-state index is 0.201. The summed E-state index contributed by atoms with van der Waals surface area (Å²) in [6.07, 6.45) is 1.45. The molecule has 0 aliphatic rings. The molecule has 1 aromatic heterocycles. The highest BCUT2D eigenvalue weighted by Gasteiger charge is 2.16. The van der Waals surface area contributed by atoms with Crippen molar-refractivity contribution in [1.29, 1.82) is 0 Å². The second-order valence-corrected chi connectivity index (χ2v) is 7.14. The Hall–Kier alpha value is -3.21. The lowest BCUT2D eigenvalue weighted by Gasteiger charge is -2.28. The maximum atomic E-state index is 12.6. The summed E-state index contributed by atoms with van der Waals surface area (Å²) in [4.78, 5) is 23.3. The van der Waals surface area contributed by atoms with Crippen LogP contribution < -0.4 is 10.2 Å². The van der Waals surface area contributed by atoms with Crippen LogP contribution in [-0.2, 0) is 13.1 Å². The Kier molecular flexibility index (Phi) is 6.37. The van der Waals surface area contributed by atoms with Crippen LogP contribution in [-0.4, -0.2) is 21.9 Å². The summed E-state index contributed by atoms with van der Waals surface area (Å²) >= 11 is 0. The van der Waals surface area contributed by atoms with Gasteiger partial charge in [0.1, 0.15) is 17.8 Å². The minimum Gasteiger partial charge on any atom is -0.350 e. The van der Waals surface area contributed by atoms with Crippen LogP contribution in [0.4, 0.5) is 5.82 Å². The van der Waals surface area contributed by atoms with Crippen molar-refractivity contribution in [3.63, 3.8) is 0 Å². The third-order valence-electron chi connectivity index (χ3n) is 4.57. The van der Waals surface area contributed by atoms with E-state index in [4.69, 9.17) is 0 Å². The van der Waals surface area contributed by atoms with E-state index < -0.39 is 0 Å². The van der Waals surface area contributed by atoms with E-state index in [1.807, 2.05) is 49.4 Å².